The zero-order chi connectivity index (χ0) is 22.0. The van der Waals surface area contributed by atoms with Crippen LogP contribution in [0.2, 0.25) is 0 Å². The lowest BCUT2D eigenvalue weighted by atomic mass is 10.1. The number of alkyl halides is 3. The fourth-order valence-corrected chi connectivity index (χ4v) is 3.55. The van der Waals surface area contributed by atoms with Gasteiger partial charge in [-0.2, -0.15) is 18.2 Å². The zero-order valence-electron chi connectivity index (χ0n) is 16.5. The Morgan fingerprint density at radius 2 is 1.87 bits per heavy atom. The van der Waals surface area contributed by atoms with Crippen molar-refractivity contribution in [1.82, 2.24) is 15.2 Å². The Labute approximate surface area is 176 Å². The number of nitrogen functional groups attached to an aromatic ring is 1. The predicted octanol–water partition coefficient (Wildman–Crippen LogP) is 4.32. The summed E-state index contributed by atoms with van der Waals surface area (Å²) >= 11 is 0. The maximum atomic E-state index is 12.9. The van der Waals surface area contributed by atoms with Crippen molar-refractivity contribution < 1.29 is 18.0 Å². The van der Waals surface area contributed by atoms with Crippen LogP contribution in [0.5, 0.6) is 0 Å². The molecule has 1 fully saturated rings. The van der Waals surface area contributed by atoms with Gasteiger partial charge < -0.3 is 10.6 Å². The van der Waals surface area contributed by atoms with E-state index in [1.54, 1.807) is 12.1 Å². The lowest BCUT2D eigenvalue weighted by molar-refractivity contribution is -0.137. The average molecular weight is 430 g/mol. The number of nitrogens with one attached hydrogen (secondary N) is 2. The molecule has 2 aromatic carbocycles. The predicted molar refractivity (Wildman–Crippen MR) is 112 cm³/mol. The molecule has 1 saturated heterocycles. The average Bonchev–Trinajstić information content (AvgIpc) is 3.22. The molecule has 1 aromatic heterocycles. The van der Waals surface area contributed by atoms with E-state index >= 15 is 0 Å². The first-order valence-corrected chi connectivity index (χ1v) is 9.87. The van der Waals surface area contributed by atoms with Gasteiger partial charge in [0.05, 0.1) is 11.1 Å². The molecule has 7 nitrogen and oxygen atoms in total. The first-order chi connectivity index (χ1) is 14.8. The van der Waals surface area contributed by atoms with Crippen molar-refractivity contribution in [2.75, 3.05) is 29.0 Å². The van der Waals surface area contributed by atoms with Crippen LogP contribution < -0.4 is 16.0 Å². The van der Waals surface area contributed by atoms with E-state index in [1.807, 2.05) is 6.07 Å². The number of rotatable bonds is 4. The number of anilines is 3. The van der Waals surface area contributed by atoms with E-state index in [0.717, 1.165) is 43.8 Å². The third-order valence-electron chi connectivity index (χ3n) is 5.18. The molecule has 1 aliphatic rings. The number of hydrogen-bond acceptors (Lipinski definition) is 5. The second-order valence-corrected chi connectivity index (χ2v) is 7.36. The monoisotopic (exact) mass is 430 g/mol. The second-order valence-electron chi connectivity index (χ2n) is 7.36. The summed E-state index contributed by atoms with van der Waals surface area (Å²) in [5.74, 6) is -0.442. The van der Waals surface area contributed by atoms with Crippen molar-refractivity contribution >= 4 is 23.2 Å². The number of halogens is 3. The normalized spacial score (nSPS) is 14.5. The molecule has 0 saturated carbocycles. The van der Waals surface area contributed by atoms with Crippen LogP contribution in [-0.2, 0) is 6.18 Å². The van der Waals surface area contributed by atoms with Gasteiger partial charge in [-0.15, -0.1) is 5.10 Å². The van der Waals surface area contributed by atoms with Gasteiger partial charge in [-0.3, -0.25) is 15.2 Å². The maximum Gasteiger partial charge on any atom is 0.416 e. The van der Waals surface area contributed by atoms with Gasteiger partial charge in [0.2, 0.25) is 5.95 Å². The van der Waals surface area contributed by atoms with Crippen LogP contribution >= 0.6 is 0 Å². The number of aromatic amines is 1. The minimum Gasteiger partial charge on any atom is -0.398 e. The van der Waals surface area contributed by atoms with E-state index in [9.17, 15) is 18.0 Å². The molecule has 162 valence electrons. The molecular formula is C21H21F3N6O. The largest absolute Gasteiger partial charge is 0.416 e. The Morgan fingerprint density at radius 3 is 2.61 bits per heavy atom. The number of amides is 1. The van der Waals surface area contributed by atoms with Crippen LogP contribution in [0.4, 0.5) is 30.5 Å². The highest BCUT2D eigenvalue weighted by Gasteiger charge is 2.30. The van der Waals surface area contributed by atoms with Crippen molar-refractivity contribution in [3.05, 3.63) is 53.6 Å². The van der Waals surface area contributed by atoms with Gasteiger partial charge in [0.15, 0.2) is 5.82 Å². The first kappa shape index (κ1) is 20.7. The van der Waals surface area contributed by atoms with Crippen LogP contribution in [0, 0.1) is 0 Å². The molecule has 1 aliphatic heterocycles. The summed E-state index contributed by atoms with van der Waals surface area (Å²) in [5, 5.41) is 8.99. The summed E-state index contributed by atoms with van der Waals surface area (Å²) in [6.45, 7) is 1.85. The summed E-state index contributed by atoms with van der Waals surface area (Å²) in [6, 6.07) is 10.00. The van der Waals surface area contributed by atoms with Gasteiger partial charge in [-0.05, 0) is 49.6 Å². The van der Waals surface area contributed by atoms with Crippen LogP contribution in [0.1, 0.15) is 35.2 Å². The molecule has 31 heavy (non-hydrogen) atoms. The Balaban J connectivity index is 1.52. The highest BCUT2D eigenvalue weighted by Crippen LogP contribution is 2.31. The number of nitrogens with two attached hydrogens (primary N) is 1. The molecule has 3 aromatic rings. The minimum atomic E-state index is -4.47. The number of benzene rings is 2. The molecule has 2 heterocycles. The van der Waals surface area contributed by atoms with Gasteiger partial charge >= 0.3 is 6.18 Å². The summed E-state index contributed by atoms with van der Waals surface area (Å²) in [7, 11) is 0. The lowest BCUT2D eigenvalue weighted by Crippen LogP contribution is -2.29. The fraction of sp³-hybridized carbons (Fsp3) is 0.286. The molecule has 1 amide bonds. The summed E-state index contributed by atoms with van der Waals surface area (Å²) in [6.07, 6.45) is -1.08. The van der Waals surface area contributed by atoms with Crippen LogP contribution in [0.15, 0.2) is 42.5 Å². The van der Waals surface area contributed by atoms with Gasteiger partial charge in [0, 0.05) is 30.0 Å². The van der Waals surface area contributed by atoms with Crippen LogP contribution in [0.3, 0.4) is 0 Å². The quantitative estimate of drug-likeness (QED) is 0.536. The van der Waals surface area contributed by atoms with Crippen molar-refractivity contribution in [2.24, 2.45) is 0 Å². The van der Waals surface area contributed by atoms with E-state index in [0.29, 0.717) is 5.69 Å². The molecule has 10 heteroatoms. The Hall–Kier alpha value is -3.56. The van der Waals surface area contributed by atoms with E-state index in [1.165, 1.54) is 18.6 Å². The van der Waals surface area contributed by atoms with Crippen LogP contribution in [0.25, 0.3) is 11.4 Å². The molecule has 0 aliphatic carbocycles. The lowest BCUT2D eigenvalue weighted by Gasteiger charge is -2.29. The molecule has 0 bridgehead atoms. The highest BCUT2D eigenvalue weighted by molar-refractivity contribution is 6.07. The maximum absolute atomic E-state index is 12.9. The van der Waals surface area contributed by atoms with Crippen molar-refractivity contribution in [2.45, 2.75) is 25.4 Å². The van der Waals surface area contributed by atoms with Gasteiger partial charge in [-0.25, -0.2) is 0 Å². The standard InChI is InChI=1S/C21H21F3N6O/c22-21(23,24)14-6-4-5-13(11-14)18-26-20(29-28-18)27-19(31)16-12-15(7-8-17(16)25)30-9-2-1-3-10-30/h4-8,11-12H,1-3,9-10,25H2,(H2,26,27,28,29,31). The number of hydrogen-bond donors (Lipinski definition) is 3. The SMILES string of the molecule is Nc1ccc(N2CCCCC2)cc1C(=O)Nc1n[nH]c(-c2cccc(C(F)(F)F)c2)n1. The third-order valence-corrected chi connectivity index (χ3v) is 5.18. The van der Waals surface area contributed by atoms with Gasteiger partial charge in [0.1, 0.15) is 0 Å². The highest BCUT2D eigenvalue weighted by atomic mass is 19.4. The number of carbonyl (C=O) groups excluding carboxylic acids is 1. The molecule has 0 atom stereocenters. The number of H-pyrrole nitrogens is 1. The van der Waals surface area contributed by atoms with Crippen molar-refractivity contribution in [1.29, 1.82) is 0 Å². The first-order valence-electron chi connectivity index (χ1n) is 9.87. The number of piperidine rings is 1. The molecule has 4 N–H and O–H groups in total. The summed E-state index contributed by atoms with van der Waals surface area (Å²) in [4.78, 5) is 19.0. The Bertz CT molecular complexity index is 1090. The van der Waals surface area contributed by atoms with Gasteiger partial charge in [-0.1, -0.05) is 12.1 Å². The Kier molecular flexibility index (Phi) is 5.53. The number of aromatic nitrogens is 3. The molecule has 4 rings (SSSR count). The smallest absolute Gasteiger partial charge is 0.398 e. The van der Waals surface area contributed by atoms with E-state index < -0.39 is 17.6 Å². The number of nitrogens with zero attached hydrogens (tertiary/aromatic N) is 3. The van der Waals surface area contributed by atoms with E-state index in [-0.39, 0.29) is 22.9 Å². The molecule has 0 radical (unpaired) electrons. The fourth-order valence-electron chi connectivity index (χ4n) is 3.55. The topological polar surface area (TPSA) is 99.9 Å². The molecule has 0 unspecified atom stereocenters. The van der Waals surface area contributed by atoms with E-state index in [2.05, 4.69) is 25.4 Å². The Morgan fingerprint density at radius 1 is 1.10 bits per heavy atom. The third kappa shape index (κ3) is 4.62. The minimum absolute atomic E-state index is 0.0554. The van der Waals surface area contributed by atoms with Crippen LogP contribution in [-0.4, -0.2) is 34.2 Å². The number of carbonyl (C=O) groups is 1. The van der Waals surface area contributed by atoms with Crippen molar-refractivity contribution in [3.8, 4) is 11.4 Å². The van der Waals surface area contributed by atoms with Gasteiger partial charge in [0.25, 0.3) is 5.91 Å². The van der Waals surface area contributed by atoms with E-state index in [4.69, 9.17) is 5.73 Å². The van der Waals surface area contributed by atoms with Crippen molar-refractivity contribution in [3.63, 3.8) is 0 Å². The zero-order valence-corrected chi connectivity index (χ0v) is 16.5. The second kappa shape index (κ2) is 8.29. The summed E-state index contributed by atoms with van der Waals surface area (Å²) in [5.41, 5.74) is 6.91. The molecule has 0 spiro atoms. The molecular weight excluding hydrogens is 409 g/mol. The summed E-state index contributed by atoms with van der Waals surface area (Å²) < 4.78 is 38.8.